The van der Waals surface area contributed by atoms with Gasteiger partial charge in [0.25, 0.3) is 0 Å². The molecule has 0 aromatic heterocycles. The van der Waals surface area contributed by atoms with Gasteiger partial charge in [0, 0.05) is 4.47 Å². The Morgan fingerprint density at radius 3 is 3.15 bits per heavy atom. The van der Waals surface area contributed by atoms with Gasteiger partial charge in [-0.05, 0) is 23.6 Å². The minimum Gasteiger partial charge on any atom is -0.366 e. The highest BCUT2D eigenvalue weighted by atomic mass is 79.9. The molecule has 1 heterocycles. The molecule has 1 aliphatic heterocycles. The number of carbonyl (C=O) groups is 1. The number of aldehydes is 1. The van der Waals surface area contributed by atoms with E-state index in [0.717, 1.165) is 22.7 Å². The van der Waals surface area contributed by atoms with Gasteiger partial charge in [-0.15, -0.1) is 0 Å². The smallest absolute Gasteiger partial charge is 0.153 e. The third-order valence-electron chi connectivity index (χ3n) is 2.23. The average molecular weight is 241 g/mol. The summed E-state index contributed by atoms with van der Waals surface area (Å²) in [6.07, 6.45) is 1.35. The lowest BCUT2D eigenvalue weighted by molar-refractivity contribution is -0.119. The van der Waals surface area contributed by atoms with E-state index in [9.17, 15) is 4.79 Å². The highest BCUT2D eigenvalue weighted by Crippen LogP contribution is 2.30. The maximum Gasteiger partial charge on any atom is 0.153 e. The lowest BCUT2D eigenvalue weighted by Gasteiger charge is -2.22. The van der Waals surface area contributed by atoms with Crippen LogP contribution < -0.4 is 0 Å². The Labute approximate surface area is 85.0 Å². The quantitative estimate of drug-likeness (QED) is 0.705. The van der Waals surface area contributed by atoms with Crippen LogP contribution in [0.4, 0.5) is 0 Å². The van der Waals surface area contributed by atoms with Crippen molar-refractivity contribution in [1.29, 1.82) is 0 Å². The first-order valence-electron chi connectivity index (χ1n) is 4.17. The molecule has 2 rings (SSSR count). The fourth-order valence-electron chi connectivity index (χ4n) is 1.60. The Bertz CT molecular complexity index is 336. The molecule has 1 aromatic carbocycles. The van der Waals surface area contributed by atoms with Crippen molar-refractivity contribution >= 4 is 22.2 Å². The van der Waals surface area contributed by atoms with Crippen molar-refractivity contribution in [2.45, 2.75) is 12.5 Å². The maximum absolute atomic E-state index is 10.7. The van der Waals surface area contributed by atoms with Gasteiger partial charge in [-0.1, -0.05) is 28.1 Å². The molecule has 0 N–H and O–H groups in total. The minimum absolute atomic E-state index is 0.374. The molecular weight excluding hydrogens is 232 g/mol. The molecule has 0 unspecified atom stereocenters. The predicted octanol–water partition coefficient (Wildman–Crippen LogP) is 2.26. The van der Waals surface area contributed by atoms with Crippen LogP contribution in [0.25, 0.3) is 0 Å². The molecule has 2 nitrogen and oxygen atoms in total. The van der Waals surface area contributed by atoms with E-state index in [1.807, 2.05) is 18.2 Å². The Morgan fingerprint density at radius 2 is 2.38 bits per heavy atom. The van der Waals surface area contributed by atoms with Crippen LogP contribution >= 0.6 is 15.9 Å². The van der Waals surface area contributed by atoms with Crippen molar-refractivity contribution in [3.8, 4) is 0 Å². The lowest BCUT2D eigenvalue weighted by atomic mass is 9.98. The summed E-state index contributed by atoms with van der Waals surface area (Å²) in [6.45, 7) is 0.624. The third kappa shape index (κ3) is 1.54. The Kier molecular flexibility index (Phi) is 2.47. The first-order valence-corrected chi connectivity index (χ1v) is 4.96. The highest BCUT2D eigenvalue weighted by molar-refractivity contribution is 9.10. The molecule has 0 spiro atoms. The molecule has 13 heavy (non-hydrogen) atoms. The summed E-state index contributed by atoms with van der Waals surface area (Å²) in [5.41, 5.74) is 2.20. The molecule has 68 valence electrons. The number of carbonyl (C=O) groups excluding carboxylic acids is 1. The van der Waals surface area contributed by atoms with E-state index in [-0.39, 0.29) is 6.10 Å². The topological polar surface area (TPSA) is 26.3 Å². The molecular formula is C10H9BrO2. The molecule has 3 heteroatoms. The SMILES string of the molecule is O=C[C@H]1OCCc2c(Br)cccc21. The number of halogens is 1. The van der Waals surface area contributed by atoms with Gasteiger partial charge < -0.3 is 9.53 Å². The number of hydrogen-bond donors (Lipinski definition) is 0. The summed E-state index contributed by atoms with van der Waals surface area (Å²) in [5, 5.41) is 0. The summed E-state index contributed by atoms with van der Waals surface area (Å²) >= 11 is 3.47. The number of ether oxygens (including phenoxy) is 1. The van der Waals surface area contributed by atoms with Gasteiger partial charge in [0.05, 0.1) is 6.61 Å². The van der Waals surface area contributed by atoms with Crippen molar-refractivity contribution in [3.05, 3.63) is 33.8 Å². The van der Waals surface area contributed by atoms with Gasteiger partial charge >= 0.3 is 0 Å². The fraction of sp³-hybridized carbons (Fsp3) is 0.300. The second-order valence-corrected chi connectivity index (χ2v) is 3.84. The summed E-state index contributed by atoms with van der Waals surface area (Å²) in [5.74, 6) is 0. The fourth-order valence-corrected chi connectivity index (χ4v) is 2.18. The second-order valence-electron chi connectivity index (χ2n) is 2.99. The van der Waals surface area contributed by atoms with Crippen molar-refractivity contribution in [2.75, 3.05) is 6.61 Å². The summed E-state index contributed by atoms with van der Waals surface area (Å²) in [6, 6.07) is 5.86. The predicted molar refractivity (Wildman–Crippen MR) is 52.6 cm³/mol. The normalized spacial score (nSPS) is 20.8. The summed E-state index contributed by atoms with van der Waals surface area (Å²) in [4.78, 5) is 10.7. The molecule has 0 aliphatic carbocycles. The van der Waals surface area contributed by atoms with E-state index in [4.69, 9.17) is 4.74 Å². The standard InChI is InChI=1S/C10H9BrO2/c11-9-3-1-2-8-7(9)4-5-13-10(8)6-12/h1-3,6,10H,4-5H2/t10-/m1/s1. The monoisotopic (exact) mass is 240 g/mol. The Hall–Kier alpha value is -0.670. The van der Waals surface area contributed by atoms with Crippen molar-refractivity contribution in [3.63, 3.8) is 0 Å². The van der Waals surface area contributed by atoms with Crippen LogP contribution in [0.3, 0.4) is 0 Å². The summed E-state index contributed by atoms with van der Waals surface area (Å²) in [7, 11) is 0. The second kappa shape index (κ2) is 3.60. The van der Waals surface area contributed by atoms with E-state index in [1.54, 1.807) is 0 Å². The minimum atomic E-state index is -0.374. The first kappa shape index (κ1) is 8.91. The van der Waals surface area contributed by atoms with Crippen molar-refractivity contribution in [2.24, 2.45) is 0 Å². The largest absolute Gasteiger partial charge is 0.366 e. The molecule has 0 bridgehead atoms. The molecule has 0 radical (unpaired) electrons. The zero-order valence-electron chi connectivity index (χ0n) is 7.00. The number of benzene rings is 1. The molecule has 1 aliphatic rings. The molecule has 0 saturated carbocycles. The first-order chi connectivity index (χ1) is 6.33. The van der Waals surface area contributed by atoms with Gasteiger partial charge in [-0.3, -0.25) is 0 Å². The number of hydrogen-bond acceptors (Lipinski definition) is 2. The Morgan fingerprint density at radius 1 is 1.54 bits per heavy atom. The summed E-state index contributed by atoms with van der Waals surface area (Å²) < 4.78 is 6.39. The van der Waals surface area contributed by atoms with E-state index < -0.39 is 0 Å². The van der Waals surface area contributed by atoms with E-state index in [1.165, 1.54) is 5.56 Å². The zero-order valence-corrected chi connectivity index (χ0v) is 8.58. The van der Waals surface area contributed by atoms with Crippen molar-refractivity contribution < 1.29 is 9.53 Å². The van der Waals surface area contributed by atoms with E-state index >= 15 is 0 Å². The number of fused-ring (bicyclic) bond motifs is 1. The van der Waals surface area contributed by atoms with Gasteiger partial charge in [0.15, 0.2) is 6.29 Å². The van der Waals surface area contributed by atoms with Gasteiger partial charge in [-0.25, -0.2) is 0 Å². The third-order valence-corrected chi connectivity index (χ3v) is 2.98. The van der Waals surface area contributed by atoms with Crippen molar-refractivity contribution in [1.82, 2.24) is 0 Å². The van der Waals surface area contributed by atoms with Crippen LogP contribution in [-0.4, -0.2) is 12.9 Å². The molecule has 0 amide bonds. The zero-order chi connectivity index (χ0) is 9.26. The van der Waals surface area contributed by atoms with Crippen LogP contribution in [-0.2, 0) is 16.0 Å². The molecule has 0 fully saturated rings. The Balaban J connectivity index is 2.51. The van der Waals surface area contributed by atoms with Crippen LogP contribution in [0.5, 0.6) is 0 Å². The van der Waals surface area contributed by atoms with Crippen LogP contribution in [0.2, 0.25) is 0 Å². The maximum atomic E-state index is 10.7. The molecule has 1 aromatic rings. The van der Waals surface area contributed by atoms with Crippen LogP contribution in [0, 0.1) is 0 Å². The molecule has 0 saturated heterocycles. The van der Waals surface area contributed by atoms with E-state index in [2.05, 4.69) is 15.9 Å². The molecule has 1 atom stereocenters. The average Bonchev–Trinajstić information content (AvgIpc) is 2.18. The highest BCUT2D eigenvalue weighted by Gasteiger charge is 2.21. The van der Waals surface area contributed by atoms with Crippen LogP contribution in [0.1, 0.15) is 17.2 Å². The van der Waals surface area contributed by atoms with Crippen LogP contribution in [0.15, 0.2) is 22.7 Å². The number of rotatable bonds is 1. The lowest BCUT2D eigenvalue weighted by Crippen LogP contribution is -2.17. The van der Waals surface area contributed by atoms with Gasteiger partial charge in [0.2, 0.25) is 0 Å². The van der Waals surface area contributed by atoms with E-state index in [0.29, 0.717) is 6.61 Å². The van der Waals surface area contributed by atoms with Gasteiger partial charge in [0.1, 0.15) is 6.10 Å². The van der Waals surface area contributed by atoms with Gasteiger partial charge in [-0.2, -0.15) is 0 Å².